The Balaban J connectivity index is 2.05. The van der Waals surface area contributed by atoms with Crippen LogP contribution in [0.4, 0.5) is 0 Å². The summed E-state index contributed by atoms with van der Waals surface area (Å²) in [6, 6.07) is 2.38. The molecule has 3 aliphatic rings. The molecule has 0 radical (unpaired) electrons. The maximum atomic E-state index is 8.83. The zero-order valence-corrected chi connectivity index (χ0v) is 8.89. The minimum absolute atomic E-state index is 0.414. The van der Waals surface area contributed by atoms with Gasteiger partial charge in [-0.05, 0) is 55.8 Å². The van der Waals surface area contributed by atoms with Crippen LogP contribution in [-0.2, 0) is 0 Å². The first kappa shape index (κ1) is 9.77. The highest BCUT2D eigenvalue weighted by Gasteiger charge is 2.47. The molecule has 0 aromatic rings. The van der Waals surface area contributed by atoms with E-state index in [1.807, 2.05) is 0 Å². The van der Waals surface area contributed by atoms with Gasteiger partial charge in [-0.2, -0.15) is 5.26 Å². The Morgan fingerprint density at radius 3 is 2.00 bits per heavy atom. The third kappa shape index (κ3) is 1.47. The Hall–Kier alpha value is -0.770. The first-order chi connectivity index (χ1) is 6.74. The maximum absolute atomic E-state index is 8.83. The van der Waals surface area contributed by atoms with E-state index in [9.17, 15) is 0 Å². The summed E-state index contributed by atoms with van der Waals surface area (Å²) in [6.07, 6.45) is 11.9. The Morgan fingerprint density at radius 2 is 1.57 bits per heavy atom. The van der Waals surface area contributed by atoms with Gasteiger partial charge in [0.1, 0.15) is 0 Å². The molecule has 2 bridgehead atoms. The quantitative estimate of drug-likeness (QED) is 0.619. The third-order valence-corrected chi connectivity index (χ3v) is 4.59. The average molecular weight is 189 g/mol. The van der Waals surface area contributed by atoms with E-state index >= 15 is 0 Å². The summed E-state index contributed by atoms with van der Waals surface area (Å²) in [7, 11) is 0. The van der Waals surface area contributed by atoms with Gasteiger partial charge in [0.25, 0.3) is 0 Å². The van der Waals surface area contributed by atoms with Gasteiger partial charge >= 0.3 is 0 Å². The molecular weight excluding hydrogens is 170 g/mol. The summed E-state index contributed by atoms with van der Waals surface area (Å²) in [5.74, 6) is 0. The third-order valence-electron chi connectivity index (χ3n) is 4.59. The van der Waals surface area contributed by atoms with Crippen LogP contribution >= 0.6 is 0 Å². The fourth-order valence-corrected chi connectivity index (χ4v) is 3.39. The molecule has 3 rings (SSSR count). The number of hydrogen-bond acceptors (Lipinski definition) is 1. The SMILES string of the molecule is C=CCC12CCC(CC#N)(CC1)CC2. The van der Waals surface area contributed by atoms with E-state index in [4.69, 9.17) is 5.26 Å². The minimum atomic E-state index is 0.414. The van der Waals surface area contributed by atoms with E-state index in [2.05, 4.69) is 18.7 Å². The van der Waals surface area contributed by atoms with Crippen molar-refractivity contribution in [2.45, 2.75) is 51.4 Å². The summed E-state index contributed by atoms with van der Waals surface area (Å²) >= 11 is 0. The van der Waals surface area contributed by atoms with Crippen molar-refractivity contribution in [3.8, 4) is 6.07 Å². The maximum Gasteiger partial charge on any atom is 0.0627 e. The lowest BCUT2D eigenvalue weighted by molar-refractivity contribution is -0.00386. The number of rotatable bonds is 3. The molecule has 0 atom stereocenters. The molecule has 0 unspecified atom stereocenters. The Morgan fingerprint density at radius 1 is 1.07 bits per heavy atom. The summed E-state index contributed by atoms with van der Waals surface area (Å²) in [4.78, 5) is 0. The highest BCUT2D eigenvalue weighted by molar-refractivity contribution is 5.03. The smallest absolute Gasteiger partial charge is 0.0627 e. The molecule has 14 heavy (non-hydrogen) atoms. The zero-order chi connectivity index (χ0) is 10.1. The van der Waals surface area contributed by atoms with Crippen LogP contribution in [0, 0.1) is 22.2 Å². The first-order valence-corrected chi connectivity index (χ1v) is 5.72. The minimum Gasteiger partial charge on any atom is -0.198 e. The van der Waals surface area contributed by atoms with Gasteiger partial charge in [-0.1, -0.05) is 6.08 Å². The molecule has 0 aliphatic heterocycles. The number of allylic oxidation sites excluding steroid dienone is 1. The van der Waals surface area contributed by atoms with Crippen molar-refractivity contribution < 1.29 is 0 Å². The van der Waals surface area contributed by atoms with Gasteiger partial charge in [0.15, 0.2) is 0 Å². The van der Waals surface area contributed by atoms with E-state index in [-0.39, 0.29) is 0 Å². The Bertz CT molecular complexity index is 247. The predicted octanol–water partition coefficient (Wildman–Crippen LogP) is 3.82. The van der Waals surface area contributed by atoms with Gasteiger partial charge < -0.3 is 0 Å². The highest BCUT2D eigenvalue weighted by Crippen LogP contribution is 2.59. The van der Waals surface area contributed by atoms with Gasteiger partial charge in [0.2, 0.25) is 0 Å². The molecule has 0 spiro atoms. The van der Waals surface area contributed by atoms with Crippen molar-refractivity contribution in [3.05, 3.63) is 12.7 Å². The molecule has 0 aromatic carbocycles. The van der Waals surface area contributed by atoms with Crippen molar-refractivity contribution in [1.82, 2.24) is 0 Å². The summed E-state index contributed by atoms with van der Waals surface area (Å²) in [5.41, 5.74) is 0.997. The van der Waals surface area contributed by atoms with Crippen molar-refractivity contribution in [1.29, 1.82) is 5.26 Å². The predicted molar refractivity (Wildman–Crippen MR) is 57.6 cm³/mol. The van der Waals surface area contributed by atoms with Crippen molar-refractivity contribution in [2.24, 2.45) is 10.8 Å². The number of nitriles is 1. The van der Waals surface area contributed by atoms with Gasteiger partial charge in [0, 0.05) is 6.42 Å². The zero-order valence-electron chi connectivity index (χ0n) is 8.89. The summed E-state index contributed by atoms with van der Waals surface area (Å²) in [5, 5.41) is 8.83. The molecule has 0 N–H and O–H groups in total. The lowest BCUT2D eigenvalue weighted by atomic mass is 9.52. The Kier molecular flexibility index (Phi) is 2.39. The highest BCUT2D eigenvalue weighted by atomic mass is 14.5. The Labute approximate surface area is 86.8 Å². The average Bonchev–Trinajstić information content (AvgIpc) is 2.22. The van der Waals surface area contributed by atoms with E-state index < -0.39 is 0 Å². The van der Waals surface area contributed by atoms with Crippen molar-refractivity contribution in [3.63, 3.8) is 0 Å². The molecule has 3 fully saturated rings. The number of fused-ring (bicyclic) bond motifs is 3. The standard InChI is InChI=1S/C13H19N/c1-2-3-12-4-7-13(8-5-12,9-6-12)10-11-14/h2H,1,3-10H2. The number of nitrogens with zero attached hydrogens (tertiary/aromatic N) is 1. The van der Waals surface area contributed by atoms with Crippen LogP contribution in [0.15, 0.2) is 12.7 Å². The van der Waals surface area contributed by atoms with E-state index in [1.165, 1.54) is 44.9 Å². The fraction of sp³-hybridized carbons (Fsp3) is 0.769. The largest absolute Gasteiger partial charge is 0.198 e. The molecule has 0 aromatic heterocycles. The first-order valence-electron chi connectivity index (χ1n) is 5.72. The van der Waals surface area contributed by atoms with Crippen molar-refractivity contribution >= 4 is 0 Å². The number of hydrogen-bond donors (Lipinski definition) is 0. The van der Waals surface area contributed by atoms with Gasteiger partial charge in [-0.3, -0.25) is 0 Å². The second-order valence-corrected chi connectivity index (χ2v) is 5.33. The van der Waals surface area contributed by atoms with Crippen LogP contribution in [0.3, 0.4) is 0 Å². The summed E-state index contributed by atoms with van der Waals surface area (Å²) in [6.45, 7) is 3.87. The lowest BCUT2D eigenvalue weighted by Gasteiger charge is -2.52. The molecule has 1 nitrogen and oxygen atoms in total. The van der Waals surface area contributed by atoms with Gasteiger partial charge in [-0.15, -0.1) is 6.58 Å². The van der Waals surface area contributed by atoms with Crippen LogP contribution in [-0.4, -0.2) is 0 Å². The van der Waals surface area contributed by atoms with Crippen LogP contribution in [0.5, 0.6) is 0 Å². The second-order valence-electron chi connectivity index (χ2n) is 5.33. The van der Waals surface area contributed by atoms with Crippen LogP contribution in [0.2, 0.25) is 0 Å². The second kappa shape index (κ2) is 3.42. The fourth-order valence-electron chi connectivity index (χ4n) is 3.39. The molecule has 3 saturated carbocycles. The molecule has 0 amide bonds. The van der Waals surface area contributed by atoms with E-state index in [0.29, 0.717) is 10.8 Å². The molecule has 1 heteroatoms. The normalized spacial score (nSPS) is 40.5. The lowest BCUT2D eigenvalue weighted by Crippen LogP contribution is -2.41. The van der Waals surface area contributed by atoms with Crippen LogP contribution in [0.25, 0.3) is 0 Å². The van der Waals surface area contributed by atoms with Crippen LogP contribution in [0.1, 0.15) is 51.4 Å². The van der Waals surface area contributed by atoms with E-state index in [0.717, 1.165) is 6.42 Å². The van der Waals surface area contributed by atoms with Gasteiger partial charge in [-0.25, -0.2) is 0 Å². The molecule has 0 heterocycles. The topological polar surface area (TPSA) is 23.8 Å². The molecule has 0 saturated heterocycles. The molecular formula is C13H19N. The van der Waals surface area contributed by atoms with Gasteiger partial charge in [0.05, 0.1) is 6.07 Å². The summed E-state index contributed by atoms with van der Waals surface area (Å²) < 4.78 is 0. The van der Waals surface area contributed by atoms with Crippen LogP contribution < -0.4 is 0 Å². The monoisotopic (exact) mass is 189 g/mol. The molecule has 3 aliphatic carbocycles. The van der Waals surface area contributed by atoms with Crippen molar-refractivity contribution in [2.75, 3.05) is 0 Å². The molecule has 76 valence electrons. The van der Waals surface area contributed by atoms with E-state index in [1.54, 1.807) is 0 Å².